The molecular formula is C11H20N4O2S2. The monoisotopic (exact) mass is 304 g/mol. The highest BCUT2D eigenvalue weighted by Crippen LogP contribution is 2.18. The molecule has 1 aromatic heterocycles. The van der Waals surface area contributed by atoms with Gasteiger partial charge in [-0.2, -0.15) is 0 Å². The Hall–Kier alpha value is -0.730. The van der Waals surface area contributed by atoms with Crippen LogP contribution in [0, 0.1) is 0 Å². The van der Waals surface area contributed by atoms with Gasteiger partial charge in [0.1, 0.15) is 5.01 Å². The molecule has 1 unspecified atom stereocenters. The Bertz CT molecular complexity index is 495. The molecular weight excluding hydrogens is 284 g/mol. The molecule has 8 heteroatoms. The van der Waals surface area contributed by atoms with Crippen LogP contribution < -0.4 is 10.0 Å². The summed E-state index contributed by atoms with van der Waals surface area (Å²) >= 11 is 1.29. The van der Waals surface area contributed by atoms with Gasteiger partial charge in [-0.05, 0) is 32.2 Å². The van der Waals surface area contributed by atoms with Crippen molar-refractivity contribution < 1.29 is 8.42 Å². The van der Waals surface area contributed by atoms with Gasteiger partial charge in [-0.1, -0.05) is 24.7 Å². The molecule has 0 bridgehead atoms. The molecule has 1 saturated heterocycles. The van der Waals surface area contributed by atoms with Crippen LogP contribution in [0.15, 0.2) is 0 Å². The van der Waals surface area contributed by atoms with Gasteiger partial charge in [-0.3, -0.25) is 4.72 Å². The number of aryl methyl sites for hydroxylation is 1. The summed E-state index contributed by atoms with van der Waals surface area (Å²) in [5.41, 5.74) is 0. The van der Waals surface area contributed by atoms with Crippen LogP contribution >= 0.6 is 11.3 Å². The van der Waals surface area contributed by atoms with Crippen molar-refractivity contribution in [2.45, 2.75) is 45.1 Å². The average Bonchev–Trinajstić information content (AvgIpc) is 2.85. The number of hydrogen-bond acceptors (Lipinski definition) is 6. The molecule has 1 fully saturated rings. The van der Waals surface area contributed by atoms with Crippen LogP contribution in [0.5, 0.6) is 0 Å². The van der Waals surface area contributed by atoms with Gasteiger partial charge < -0.3 is 5.32 Å². The van der Waals surface area contributed by atoms with Crippen molar-refractivity contribution in [2.75, 3.05) is 17.0 Å². The second kappa shape index (κ2) is 6.62. The van der Waals surface area contributed by atoms with Gasteiger partial charge in [-0.15, -0.1) is 10.2 Å². The van der Waals surface area contributed by atoms with Gasteiger partial charge in [-0.25, -0.2) is 8.42 Å². The molecule has 1 aliphatic heterocycles. The minimum absolute atomic E-state index is 0.131. The molecule has 2 N–H and O–H groups in total. The third-order valence-electron chi connectivity index (χ3n) is 3.16. The summed E-state index contributed by atoms with van der Waals surface area (Å²) in [7, 11) is -3.31. The number of sulfonamides is 1. The zero-order valence-corrected chi connectivity index (χ0v) is 12.7. The topological polar surface area (TPSA) is 84.0 Å². The lowest BCUT2D eigenvalue weighted by molar-refractivity contribution is 0.393. The first-order valence-corrected chi connectivity index (χ1v) is 9.12. The van der Waals surface area contributed by atoms with E-state index in [1.807, 2.05) is 6.92 Å². The van der Waals surface area contributed by atoms with Crippen molar-refractivity contribution >= 4 is 26.5 Å². The van der Waals surface area contributed by atoms with Gasteiger partial charge in [0.25, 0.3) is 0 Å². The van der Waals surface area contributed by atoms with E-state index >= 15 is 0 Å². The summed E-state index contributed by atoms with van der Waals surface area (Å²) < 4.78 is 26.4. The number of piperidine rings is 1. The fourth-order valence-corrected chi connectivity index (χ4v) is 4.17. The first-order valence-electron chi connectivity index (χ1n) is 6.65. The molecule has 108 valence electrons. The van der Waals surface area contributed by atoms with E-state index in [1.54, 1.807) is 0 Å². The fourth-order valence-electron chi connectivity index (χ4n) is 2.09. The predicted octanol–water partition coefficient (Wildman–Crippen LogP) is 1.37. The predicted molar refractivity (Wildman–Crippen MR) is 77.0 cm³/mol. The van der Waals surface area contributed by atoms with Crippen LogP contribution in [-0.4, -0.2) is 37.0 Å². The Morgan fingerprint density at radius 3 is 2.89 bits per heavy atom. The van der Waals surface area contributed by atoms with E-state index in [0.717, 1.165) is 24.4 Å². The highest BCUT2D eigenvalue weighted by molar-refractivity contribution is 7.92. The molecule has 19 heavy (non-hydrogen) atoms. The third-order valence-corrected chi connectivity index (χ3v) is 5.55. The quantitative estimate of drug-likeness (QED) is 0.829. The fraction of sp³-hybridized carbons (Fsp3) is 0.818. The second-order valence-electron chi connectivity index (χ2n) is 4.71. The SMILES string of the molecule is CCc1nnc(NS(=O)(=O)CCC2CCCCN2)s1. The normalized spacial score (nSPS) is 20.4. The maximum Gasteiger partial charge on any atom is 0.234 e. The zero-order chi connectivity index (χ0) is 13.7. The first-order chi connectivity index (χ1) is 9.09. The lowest BCUT2D eigenvalue weighted by Crippen LogP contribution is -2.36. The van der Waals surface area contributed by atoms with Gasteiger partial charge in [0, 0.05) is 6.04 Å². The molecule has 0 spiro atoms. The van der Waals surface area contributed by atoms with E-state index in [0.29, 0.717) is 17.6 Å². The molecule has 1 atom stereocenters. The Kier molecular flexibility index (Phi) is 5.12. The van der Waals surface area contributed by atoms with E-state index in [9.17, 15) is 8.42 Å². The number of hydrogen-bond donors (Lipinski definition) is 2. The van der Waals surface area contributed by atoms with E-state index in [-0.39, 0.29) is 5.75 Å². The molecule has 0 saturated carbocycles. The van der Waals surface area contributed by atoms with Gasteiger partial charge >= 0.3 is 0 Å². The van der Waals surface area contributed by atoms with Crippen molar-refractivity contribution in [3.63, 3.8) is 0 Å². The van der Waals surface area contributed by atoms with Crippen LogP contribution in [0.1, 0.15) is 37.6 Å². The van der Waals surface area contributed by atoms with Crippen molar-refractivity contribution in [2.24, 2.45) is 0 Å². The minimum Gasteiger partial charge on any atom is -0.314 e. The largest absolute Gasteiger partial charge is 0.314 e. The molecule has 2 heterocycles. The highest BCUT2D eigenvalue weighted by Gasteiger charge is 2.18. The Morgan fingerprint density at radius 2 is 2.26 bits per heavy atom. The Balaban J connectivity index is 1.83. The Morgan fingerprint density at radius 1 is 1.42 bits per heavy atom. The van der Waals surface area contributed by atoms with E-state index in [2.05, 4.69) is 20.2 Å². The first kappa shape index (κ1) is 14.7. The number of rotatable bonds is 6. The summed E-state index contributed by atoms with van der Waals surface area (Å²) in [4.78, 5) is 0. The molecule has 2 rings (SSSR count). The summed E-state index contributed by atoms with van der Waals surface area (Å²) in [5, 5.41) is 12.3. The maximum absolute atomic E-state index is 11.9. The lowest BCUT2D eigenvalue weighted by atomic mass is 10.0. The summed E-state index contributed by atoms with van der Waals surface area (Å²) in [5.74, 6) is 0.131. The van der Waals surface area contributed by atoms with E-state index < -0.39 is 10.0 Å². The van der Waals surface area contributed by atoms with Crippen LogP contribution in [0.25, 0.3) is 0 Å². The van der Waals surface area contributed by atoms with Crippen LogP contribution in [-0.2, 0) is 16.4 Å². The highest BCUT2D eigenvalue weighted by atomic mass is 32.2. The van der Waals surface area contributed by atoms with Gasteiger partial charge in [0.2, 0.25) is 15.2 Å². The summed E-state index contributed by atoms with van der Waals surface area (Å²) in [6.07, 6.45) is 4.85. The van der Waals surface area contributed by atoms with Crippen molar-refractivity contribution in [3.8, 4) is 0 Å². The molecule has 0 amide bonds. The van der Waals surface area contributed by atoms with Crippen molar-refractivity contribution in [1.29, 1.82) is 0 Å². The number of aromatic nitrogens is 2. The number of nitrogens with zero attached hydrogens (tertiary/aromatic N) is 2. The van der Waals surface area contributed by atoms with Crippen molar-refractivity contribution in [3.05, 3.63) is 5.01 Å². The molecule has 0 aliphatic carbocycles. The van der Waals surface area contributed by atoms with Gasteiger partial charge in [0.05, 0.1) is 5.75 Å². The number of nitrogens with one attached hydrogen (secondary N) is 2. The van der Waals surface area contributed by atoms with Crippen LogP contribution in [0.3, 0.4) is 0 Å². The maximum atomic E-state index is 11.9. The molecule has 1 aliphatic rings. The third kappa shape index (κ3) is 4.70. The smallest absolute Gasteiger partial charge is 0.234 e. The lowest BCUT2D eigenvalue weighted by Gasteiger charge is -2.23. The second-order valence-corrected chi connectivity index (χ2v) is 7.61. The van der Waals surface area contributed by atoms with Crippen molar-refractivity contribution in [1.82, 2.24) is 15.5 Å². The molecule has 0 radical (unpaired) electrons. The summed E-state index contributed by atoms with van der Waals surface area (Å²) in [6, 6.07) is 0.325. The standard InChI is InChI=1S/C11H20N4O2S2/c1-2-10-13-14-11(18-10)15-19(16,17)8-6-9-5-3-4-7-12-9/h9,12H,2-8H2,1H3,(H,14,15). The zero-order valence-electron chi connectivity index (χ0n) is 11.1. The molecule has 0 aromatic carbocycles. The van der Waals surface area contributed by atoms with Crippen LogP contribution in [0.4, 0.5) is 5.13 Å². The summed E-state index contributed by atoms with van der Waals surface area (Å²) in [6.45, 7) is 2.96. The minimum atomic E-state index is -3.31. The Labute approximate surface area is 118 Å². The average molecular weight is 304 g/mol. The van der Waals surface area contributed by atoms with Gasteiger partial charge in [0.15, 0.2) is 0 Å². The molecule has 6 nitrogen and oxygen atoms in total. The number of anilines is 1. The molecule has 1 aromatic rings. The van der Waals surface area contributed by atoms with E-state index in [1.165, 1.54) is 24.2 Å². The van der Waals surface area contributed by atoms with Crippen LogP contribution in [0.2, 0.25) is 0 Å². The van der Waals surface area contributed by atoms with E-state index in [4.69, 9.17) is 0 Å².